The molecule has 4 saturated carbocycles. The Morgan fingerprint density at radius 2 is 1.80 bits per heavy atom. The van der Waals surface area contributed by atoms with Gasteiger partial charge in [-0.15, -0.1) is 0 Å². The summed E-state index contributed by atoms with van der Waals surface area (Å²) in [5.74, 6) is 2.76. The molecule has 0 aromatic heterocycles. The molecular formula is C19H30O5S. The number of Topliss-reactive ketones (excluding diaryl/α,β-unsaturated/α-hetero) is 1. The van der Waals surface area contributed by atoms with E-state index in [0.717, 1.165) is 51.4 Å². The number of ketones is 1. The van der Waals surface area contributed by atoms with Crippen LogP contribution < -0.4 is 0 Å². The molecule has 5 nitrogen and oxygen atoms in total. The third-order valence-electron chi connectivity index (χ3n) is 8.58. The summed E-state index contributed by atoms with van der Waals surface area (Å²) >= 11 is 0. The van der Waals surface area contributed by atoms with E-state index in [4.69, 9.17) is 8.74 Å². The van der Waals surface area contributed by atoms with Gasteiger partial charge in [-0.1, -0.05) is 13.8 Å². The van der Waals surface area contributed by atoms with Crippen LogP contribution >= 0.6 is 0 Å². The number of carbonyl (C=O) groups is 1. The first kappa shape index (κ1) is 17.9. The summed E-state index contributed by atoms with van der Waals surface area (Å²) in [6.07, 6.45) is 8.19. The summed E-state index contributed by atoms with van der Waals surface area (Å²) in [6.45, 7) is 4.59. The predicted molar refractivity (Wildman–Crippen MR) is 93.2 cm³/mol. The van der Waals surface area contributed by atoms with Crippen molar-refractivity contribution < 1.29 is 21.9 Å². The number of carbonyl (C=O) groups excluding carboxylic acids is 1. The molecule has 25 heavy (non-hydrogen) atoms. The van der Waals surface area contributed by atoms with Crippen molar-refractivity contribution in [1.29, 1.82) is 0 Å². The van der Waals surface area contributed by atoms with Crippen LogP contribution in [0.15, 0.2) is 0 Å². The summed E-state index contributed by atoms with van der Waals surface area (Å²) in [5.41, 5.74) is 0.130. The fourth-order valence-electron chi connectivity index (χ4n) is 7.25. The van der Waals surface area contributed by atoms with Gasteiger partial charge in [0.2, 0.25) is 0 Å². The molecule has 0 aliphatic heterocycles. The van der Waals surface area contributed by atoms with Gasteiger partial charge in [0, 0.05) is 11.8 Å². The van der Waals surface area contributed by atoms with E-state index < -0.39 is 10.4 Å². The second-order valence-electron chi connectivity index (χ2n) is 9.50. The van der Waals surface area contributed by atoms with Crippen LogP contribution in [0.2, 0.25) is 0 Å². The van der Waals surface area contributed by atoms with Gasteiger partial charge >= 0.3 is 10.4 Å². The molecule has 0 aromatic carbocycles. The van der Waals surface area contributed by atoms with E-state index in [-0.39, 0.29) is 16.9 Å². The van der Waals surface area contributed by atoms with Crippen LogP contribution in [-0.4, -0.2) is 24.9 Å². The Morgan fingerprint density at radius 1 is 1.04 bits per heavy atom. The first-order valence-corrected chi connectivity index (χ1v) is 11.2. The molecule has 4 aliphatic rings. The molecule has 4 aliphatic carbocycles. The molecule has 4 rings (SSSR count). The molecule has 3 unspecified atom stereocenters. The number of hydrogen-bond acceptors (Lipinski definition) is 4. The molecule has 1 N–H and O–H groups in total. The van der Waals surface area contributed by atoms with Crippen molar-refractivity contribution in [3.8, 4) is 0 Å². The van der Waals surface area contributed by atoms with Crippen LogP contribution in [-0.2, 0) is 19.4 Å². The Labute approximate surface area is 150 Å². The lowest BCUT2D eigenvalue weighted by Gasteiger charge is -2.60. The van der Waals surface area contributed by atoms with E-state index in [1.165, 1.54) is 0 Å². The van der Waals surface area contributed by atoms with Crippen LogP contribution in [0, 0.1) is 34.5 Å². The average Bonchev–Trinajstić information content (AvgIpc) is 2.82. The smallest absolute Gasteiger partial charge is 0.299 e. The Bertz CT molecular complexity index is 673. The molecule has 142 valence electrons. The summed E-state index contributed by atoms with van der Waals surface area (Å²) in [4.78, 5) is 12.4. The van der Waals surface area contributed by atoms with Crippen LogP contribution in [0.1, 0.15) is 71.6 Å². The number of rotatable bonds is 2. The molecule has 7 atom stereocenters. The van der Waals surface area contributed by atoms with Gasteiger partial charge in [-0.25, -0.2) is 4.18 Å². The molecule has 0 aromatic rings. The Kier molecular flexibility index (Phi) is 4.14. The maximum Gasteiger partial charge on any atom is 0.397 e. The SMILES string of the molecule is C[C@]12CCC3C(CC[C@H]4C[C@H](OS(=O)(=O)O)CC[C@]34C)C1CCC2=O. The molecule has 0 amide bonds. The normalized spacial score (nSPS) is 50.0. The van der Waals surface area contributed by atoms with Gasteiger partial charge in [-0.2, -0.15) is 8.42 Å². The predicted octanol–water partition coefficient (Wildman–Crippen LogP) is 3.79. The van der Waals surface area contributed by atoms with Crippen molar-refractivity contribution in [3.05, 3.63) is 0 Å². The zero-order valence-electron chi connectivity index (χ0n) is 15.2. The zero-order chi connectivity index (χ0) is 18.0. The molecule has 0 radical (unpaired) electrons. The molecular weight excluding hydrogens is 340 g/mol. The highest BCUT2D eigenvalue weighted by Crippen LogP contribution is 2.65. The van der Waals surface area contributed by atoms with Gasteiger partial charge in [-0.3, -0.25) is 9.35 Å². The van der Waals surface area contributed by atoms with Crippen molar-refractivity contribution in [3.63, 3.8) is 0 Å². The minimum atomic E-state index is -4.37. The summed E-state index contributed by atoms with van der Waals surface area (Å²) in [5, 5.41) is 0. The van der Waals surface area contributed by atoms with Crippen molar-refractivity contribution in [2.45, 2.75) is 77.7 Å². The Hall–Kier alpha value is -0.460. The van der Waals surface area contributed by atoms with Crippen molar-refractivity contribution in [1.82, 2.24) is 0 Å². The summed E-state index contributed by atoms with van der Waals surface area (Å²) < 4.78 is 36.0. The minimum absolute atomic E-state index is 0.0877. The van der Waals surface area contributed by atoms with E-state index in [1.807, 2.05) is 0 Å². The summed E-state index contributed by atoms with van der Waals surface area (Å²) in [7, 11) is -4.37. The van der Waals surface area contributed by atoms with Gasteiger partial charge in [0.05, 0.1) is 6.10 Å². The number of hydrogen-bond donors (Lipinski definition) is 1. The zero-order valence-corrected chi connectivity index (χ0v) is 16.1. The second kappa shape index (κ2) is 5.77. The van der Waals surface area contributed by atoms with E-state index >= 15 is 0 Å². The van der Waals surface area contributed by atoms with Gasteiger partial charge in [0.1, 0.15) is 5.78 Å². The van der Waals surface area contributed by atoms with Gasteiger partial charge in [0.25, 0.3) is 0 Å². The molecule has 4 fully saturated rings. The highest BCUT2D eigenvalue weighted by atomic mass is 32.3. The maximum atomic E-state index is 12.4. The first-order chi connectivity index (χ1) is 11.6. The van der Waals surface area contributed by atoms with Crippen LogP contribution in [0.5, 0.6) is 0 Å². The Balaban J connectivity index is 1.54. The lowest BCUT2D eigenvalue weighted by molar-refractivity contribution is -0.141. The lowest BCUT2D eigenvalue weighted by Crippen LogP contribution is -2.54. The summed E-state index contributed by atoms with van der Waals surface area (Å²) in [6, 6.07) is 0. The van der Waals surface area contributed by atoms with Crippen LogP contribution in [0.4, 0.5) is 0 Å². The first-order valence-electron chi connectivity index (χ1n) is 9.82. The second-order valence-corrected chi connectivity index (χ2v) is 10.5. The average molecular weight is 371 g/mol. The fraction of sp³-hybridized carbons (Fsp3) is 0.947. The van der Waals surface area contributed by atoms with Gasteiger partial charge < -0.3 is 0 Å². The van der Waals surface area contributed by atoms with Crippen LogP contribution in [0.25, 0.3) is 0 Å². The third kappa shape index (κ3) is 2.79. The van der Waals surface area contributed by atoms with E-state index in [9.17, 15) is 13.2 Å². The van der Waals surface area contributed by atoms with Crippen LogP contribution in [0.3, 0.4) is 0 Å². The fourth-order valence-corrected chi connectivity index (χ4v) is 7.77. The third-order valence-corrected chi connectivity index (χ3v) is 9.10. The van der Waals surface area contributed by atoms with E-state index in [0.29, 0.717) is 35.9 Å². The molecule has 0 heterocycles. The molecule has 0 spiro atoms. The van der Waals surface area contributed by atoms with Crippen molar-refractivity contribution in [2.75, 3.05) is 0 Å². The van der Waals surface area contributed by atoms with Crippen molar-refractivity contribution >= 4 is 16.2 Å². The molecule has 0 saturated heterocycles. The largest absolute Gasteiger partial charge is 0.397 e. The maximum absolute atomic E-state index is 12.4. The molecule has 0 bridgehead atoms. The van der Waals surface area contributed by atoms with Crippen molar-refractivity contribution in [2.24, 2.45) is 34.5 Å². The Morgan fingerprint density at radius 3 is 2.52 bits per heavy atom. The van der Waals surface area contributed by atoms with Gasteiger partial charge in [-0.05, 0) is 80.5 Å². The minimum Gasteiger partial charge on any atom is -0.299 e. The highest BCUT2D eigenvalue weighted by Gasteiger charge is 2.60. The topological polar surface area (TPSA) is 80.7 Å². The number of fused-ring (bicyclic) bond motifs is 5. The highest BCUT2D eigenvalue weighted by molar-refractivity contribution is 7.80. The molecule has 6 heteroatoms. The monoisotopic (exact) mass is 370 g/mol. The van der Waals surface area contributed by atoms with E-state index in [1.54, 1.807) is 0 Å². The standard InChI is InChI=1S/C19H30O5S/c1-18-9-7-13(24-25(21,22)23)11-12(18)3-4-14-15-5-6-17(20)19(15,2)10-8-16(14)18/h12-16H,3-11H2,1-2H3,(H,21,22,23)/t12-,13+,14?,15?,16?,18-,19-/m0/s1. The van der Waals surface area contributed by atoms with E-state index in [2.05, 4.69) is 13.8 Å². The lowest BCUT2D eigenvalue weighted by atomic mass is 9.45. The quantitative estimate of drug-likeness (QED) is 0.748. The van der Waals surface area contributed by atoms with Gasteiger partial charge in [0.15, 0.2) is 0 Å².